The molecule has 0 aliphatic carbocycles. The van der Waals surface area contributed by atoms with Crippen molar-refractivity contribution in [3.8, 4) is 0 Å². The van der Waals surface area contributed by atoms with Gasteiger partial charge in [-0.1, -0.05) is 18.5 Å². The number of hydrogen-bond donors (Lipinski definition) is 1. The molecule has 1 aromatic carbocycles. The quantitative estimate of drug-likeness (QED) is 0.878. The highest BCUT2D eigenvalue weighted by Crippen LogP contribution is 2.26. The first kappa shape index (κ1) is 11.4. The monoisotopic (exact) mass is 241 g/mol. The molecule has 2 rings (SSSR count). The first-order chi connectivity index (χ1) is 7.54. The molecule has 0 radical (unpaired) electrons. The van der Waals surface area contributed by atoms with Crippen molar-refractivity contribution in [2.45, 2.75) is 26.4 Å². The molecule has 1 aromatic heterocycles. The van der Waals surface area contributed by atoms with Crippen LogP contribution in [0.2, 0.25) is 5.02 Å². The van der Waals surface area contributed by atoms with E-state index in [0.29, 0.717) is 0 Å². The Labute approximate surface area is 98.0 Å². The molecule has 0 aliphatic rings. The number of nitrogens with two attached hydrogens (primary N) is 1. The Kier molecular flexibility index (Phi) is 2.86. The zero-order valence-electron chi connectivity index (χ0n) is 9.17. The van der Waals surface area contributed by atoms with Crippen molar-refractivity contribution >= 4 is 22.5 Å². The van der Waals surface area contributed by atoms with Gasteiger partial charge in [0.2, 0.25) is 0 Å². The van der Waals surface area contributed by atoms with Gasteiger partial charge in [-0.05, 0) is 25.5 Å². The lowest BCUT2D eigenvalue weighted by Crippen LogP contribution is -2.18. The van der Waals surface area contributed by atoms with Crippen molar-refractivity contribution in [1.82, 2.24) is 9.78 Å². The average molecular weight is 242 g/mol. The van der Waals surface area contributed by atoms with Crippen LogP contribution in [-0.2, 0) is 0 Å². The van der Waals surface area contributed by atoms with Crippen LogP contribution >= 0.6 is 11.6 Å². The molecule has 86 valence electrons. The van der Waals surface area contributed by atoms with Crippen LogP contribution in [0.4, 0.5) is 4.39 Å². The first-order valence-corrected chi connectivity index (χ1v) is 5.51. The Morgan fingerprint density at radius 2 is 2.25 bits per heavy atom. The molecular weight excluding hydrogens is 229 g/mol. The van der Waals surface area contributed by atoms with E-state index < -0.39 is 5.82 Å². The van der Waals surface area contributed by atoms with E-state index in [9.17, 15) is 4.39 Å². The summed E-state index contributed by atoms with van der Waals surface area (Å²) < 4.78 is 15.0. The smallest absolute Gasteiger partial charge is 0.142 e. The summed E-state index contributed by atoms with van der Waals surface area (Å²) in [6, 6.07) is 2.97. The number of fused-ring (bicyclic) bond motifs is 1. The second kappa shape index (κ2) is 4.03. The summed E-state index contributed by atoms with van der Waals surface area (Å²) in [6.07, 6.45) is 0.545. The van der Waals surface area contributed by atoms with E-state index in [1.54, 1.807) is 10.7 Å². The van der Waals surface area contributed by atoms with Crippen LogP contribution in [0.3, 0.4) is 0 Å². The molecule has 3 nitrogen and oxygen atoms in total. The molecule has 0 spiro atoms. The summed E-state index contributed by atoms with van der Waals surface area (Å²) in [5.74, 6) is -0.429. The van der Waals surface area contributed by atoms with Gasteiger partial charge in [0.15, 0.2) is 0 Å². The van der Waals surface area contributed by atoms with Gasteiger partial charge >= 0.3 is 0 Å². The molecule has 16 heavy (non-hydrogen) atoms. The Balaban J connectivity index is 2.73. The molecule has 1 heterocycles. The second-order valence-corrected chi connectivity index (χ2v) is 4.20. The maximum atomic E-state index is 13.3. The molecule has 0 aliphatic heterocycles. The van der Waals surface area contributed by atoms with E-state index in [2.05, 4.69) is 5.10 Å². The fraction of sp³-hybridized carbons (Fsp3) is 0.364. The summed E-state index contributed by atoms with van der Waals surface area (Å²) in [5.41, 5.74) is 7.46. The maximum Gasteiger partial charge on any atom is 0.142 e. The Morgan fingerprint density at radius 1 is 1.56 bits per heavy atom. The van der Waals surface area contributed by atoms with E-state index in [0.717, 1.165) is 23.0 Å². The first-order valence-electron chi connectivity index (χ1n) is 5.14. The third-order valence-electron chi connectivity index (χ3n) is 2.67. The minimum Gasteiger partial charge on any atom is -0.310 e. The van der Waals surface area contributed by atoms with Gasteiger partial charge in [0, 0.05) is 5.39 Å². The van der Waals surface area contributed by atoms with Crippen molar-refractivity contribution in [2.24, 2.45) is 5.73 Å². The minimum atomic E-state index is -0.429. The molecule has 0 bridgehead atoms. The predicted octanol–water partition coefficient (Wildman–Crippen LogP) is 3.00. The lowest BCUT2D eigenvalue weighted by atomic mass is 10.2. The minimum absolute atomic E-state index is 0.0944. The van der Waals surface area contributed by atoms with E-state index >= 15 is 0 Å². The average Bonchev–Trinajstić information content (AvgIpc) is 2.56. The number of hydrogen-bond acceptors (Lipinski definition) is 2. The van der Waals surface area contributed by atoms with Crippen molar-refractivity contribution in [2.75, 3.05) is 0 Å². The molecule has 1 atom stereocenters. The number of aryl methyl sites for hydroxylation is 1. The van der Waals surface area contributed by atoms with Crippen LogP contribution in [0.15, 0.2) is 12.1 Å². The number of aromatic nitrogens is 2. The molecule has 0 fully saturated rings. The lowest BCUT2D eigenvalue weighted by molar-refractivity contribution is 0.468. The zero-order chi connectivity index (χ0) is 11.9. The topological polar surface area (TPSA) is 43.8 Å². The molecule has 0 amide bonds. The van der Waals surface area contributed by atoms with Crippen molar-refractivity contribution < 1.29 is 4.39 Å². The van der Waals surface area contributed by atoms with E-state index in [1.807, 2.05) is 13.8 Å². The Bertz CT molecular complexity index is 535. The summed E-state index contributed by atoms with van der Waals surface area (Å²) in [5, 5.41) is 5.16. The largest absolute Gasteiger partial charge is 0.310 e. The van der Waals surface area contributed by atoms with Crippen LogP contribution < -0.4 is 5.73 Å². The van der Waals surface area contributed by atoms with Crippen molar-refractivity contribution in [3.05, 3.63) is 28.7 Å². The van der Waals surface area contributed by atoms with Gasteiger partial charge in [-0.25, -0.2) is 9.07 Å². The third kappa shape index (κ3) is 1.68. The molecule has 0 saturated carbocycles. The second-order valence-electron chi connectivity index (χ2n) is 3.79. The highest BCUT2D eigenvalue weighted by atomic mass is 35.5. The number of halogens is 2. The fourth-order valence-corrected chi connectivity index (χ4v) is 1.87. The number of nitrogens with zero attached hydrogens (tertiary/aromatic N) is 2. The van der Waals surface area contributed by atoms with Gasteiger partial charge in [0.25, 0.3) is 0 Å². The number of rotatable bonds is 2. The predicted molar refractivity (Wildman–Crippen MR) is 63.0 cm³/mol. The van der Waals surface area contributed by atoms with Crippen LogP contribution in [0.1, 0.15) is 25.2 Å². The van der Waals surface area contributed by atoms with E-state index in [-0.39, 0.29) is 11.2 Å². The van der Waals surface area contributed by atoms with Crippen molar-refractivity contribution in [3.63, 3.8) is 0 Å². The molecule has 1 unspecified atom stereocenters. The standard InChI is InChI=1S/C11H13ClFN3/c1-3-11(14)16-10-5-8(12)9(13)4-7(10)6(2)15-16/h4-5,11H,3,14H2,1-2H3. The fourth-order valence-electron chi connectivity index (χ4n) is 1.71. The highest BCUT2D eigenvalue weighted by Gasteiger charge is 2.14. The Hall–Kier alpha value is -1.13. The van der Waals surface area contributed by atoms with Crippen molar-refractivity contribution in [1.29, 1.82) is 0 Å². The van der Waals surface area contributed by atoms with Gasteiger partial charge in [0.1, 0.15) is 5.82 Å². The van der Waals surface area contributed by atoms with Crippen LogP contribution in [0.5, 0.6) is 0 Å². The van der Waals surface area contributed by atoms with E-state index in [4.69, 9.17) is 17.3 Å². The molecular formula is C11H13ClFN3. The lowest BCUT2D eigenvalue weighted by Gasteiger charge is -2.10. The summed E-state index contributed by atoms with van der Waals surface area (Å²) >= 11 is 5.76. The summed E-state index contributed by atoms with van der Waals surface area (Å²) in [6.45, 7) is 3.80. The van der Waals surface area contributed by atoms with Gasteiger partial charge < -0.3 is 5.73 Å². The van der Waals surface area contributed by atoms with E-state index in [1.165, 1.54) is 6.07 Å². The Morgan fingerprint density at radius 3 is 2.88 bits per heavy atom. The summed E-state index contributed by atoms with van der Waals surface area (Å²) in [7, 11) is 0. The highest BCUT2D eigenvalue weighted by molar-refractivity contribution is 6.31. The molecule has 2 aromatic rings. The van der Waals surface area contributed by atoms with Crippen LogP contribution in [0, 0.1) is 12.7 Å². The SMILES string of the molecule is CCC(N)n1nc(C)c2cc(F)c(Cl)cc21. The van der Waals surface area contributed by atoms with Gasteiger partial charge in [-0.3, -0.25) is 0 Å². The van der Waals surface area contributed by atoms with Gasteiger partial charge in [-0.2, -0.15) is 5.10 Å². The van der Waals surface area contributed by atoms with Crippen LogP contribution in [-0.4, -0.2) is 9.78 Å². The molecule has 0 saturated heterocycles. The van der Waals surface area contributed by atoms with Crippen LogP contribution in [0.25, 0.3) is 10.9 Å². The van der Waals surface area contributed by atoms with Gasteiger partial charge in [0.05, 0.1) is 22.4 Å². The van der Waals surface area contributed by atoms with Gasteiger partial charge in [-0.15, -0.1) is 0 Å². The zero-order valence-corrected chi connectivity index (χ0v) is 9.92. The molecule has 5 heteroatoms. The third-order valence-corrected chi connectivity index (χ3v) is 2.96. The molecule has 2 N–H and O–H groups in total. The maximum absolute atomic E-state index is 13.3. The number of benzene rings is 1. The summed E-state index contributed by atoms with van der Waals surface area (Å²) in [4.78, 5) is 0. The normalized spacial score (nSPS) is 13.3.